The molecule has 1 aromatic carbocycles. The highest BCUT2D eigenvalue weighted by molar-refractivity contribution is 7.87. The van der Waals surface area contributed by atoms with E-state index in [0.717, 1.165) is 5.56 Å². The molecule has 0 radical (unpaired) electrons. The van der Waals surface area contributed by atoms with E-state index in [9.17, 15) is 22.0 Å². The number of hydrogen-bond acceptors (Lipinski definition) is 8. The van der Waals surface area contributed by atoms with Crippen LogP contribution in [0.3, 0.4) is 0 Å². The van der Waals surface area contributed by atoms with Gasteiger partial charge in [0.2, 0.25) is 0 Å². The lowest BCUT2D eigenvalue weighted by molar-refractivity contribution is -0.162. The summed E-state index contributed by atoms with van der Waals surface area (Å²) in [6.07, 6.45) is 0.640. The molecule has 0 spiro atoms. The van der Waals surface area contributed by atoms with Crippen LogP contribution in [0, 0.1) is 0 Å². The number of halogens is 2. The van der Waals surface area contributed by atoms with E-state index in [1.807, 2.05) is 19.6 Å². The zero-order valence-corrected chi connectivity index (χ0v) is 29.9. The number of alkyl halides is 2. The molecule has 1 N–H and O–H groups in total. The van der Waals surface area contributed by atoms with E-state index in [0.29, 0.717) is 18.0 Å². The number of carbonyl (C=O) groups is 1. The van der Waals surface area contributed by atoms with Crippen LogP contribution >= 0.6 is 0 Å². The Morgan fingerprint density at radius 3 is 1.82 bits per heavy atom. The third-order valence-electron chi connectivity index (χ3n) is 4.76. The zero-order valence-electron chi connectivity index (χ0n) is 23.9. The normalized spacial score (nSPS) is 16.1. The number of ether oxygens (including phenoxy) is 1. The fourth-order valence-electron chi connectivity index (χ4n) is 3.83. The summed E-state index contributed by atoms with van der Waals surface area (Å²) >= 11 is 0. The first-order valence-electron chi connectivity index (χ1n) is 12.2. The van der Waals surface area contributed by atoms with Gasteiger partial charge >= 0.3 is 47.7 Å². The molecule has 0 aliphatic rings. The molecule has 0 bridgehead atoms. The highest BCUT2D eigenvalue weighted by Gasteiger charge is 2.54. The van der Waals surface area contributed by atoms with Crippen molar-refractivity contribution in [1.29, 1.82) is 0 Å². The Hall–Kier alpha value is -0.616. The van der Waals surface area contributed by atoms with Gasteiger partial charge in [-0.05, 0) is 89.1 Å². The van der Waals surface area contributed by atoms with Crippen molar-refractivity contribution < 1.29 is 47.7 Å². The lowest BCUT2D eigenvalue weighted by Gasteiger charge is -2.38. The van der Waals surface area contributed by atoms with Gasteiger partial charge in [0.15, 0.2) is 16.6 Å². The third-order valence-corrected chi connectivity index (χ3v) is 22.2. The van der Waals surface area contributed by atoms with Crippen LogP contribution in [0.25, 0.3) is 0 Å². The van der Waals surface area contributed by atoms with Gasteiger partial charge in [0.1, 0.15) is 6.61 Å². The molecule has 1 rings (SSSR count). The quantitative estimate of drug-likeness (QED) is 0.157. The Balaban J connectivity index is 2.85. The van der Waals surface area contributed by atoms with Gasteiger partial charge in [-0.1, -0.05) is 24.3 Å². The first kappa shape index (κ1) is 35.4. The molecule has 9 nitrogen and oxygen atoms in total. The van der Waals surface area contributed by atoms with Gasteiger partial charge in [-0.2, -0.15) is 17.2 Å². The smallest absolute Gasteiger partial charge is 0.455 e. The maximum atomic E-state index is 13.3. The van der Waals surface area contributed by atoms with Crippen LogP contribution in [0.2, 0.25) is 71.5 Å². The molecule has 17 heteroatoms. The van der Waals surface area contributed by atoms with E-state index in [1.54, 1.807) is 24.3 Å². The second-order valence-corrected chi connectivity index (χ2v) is 31.8. The van der Waals surface area contributed by atoms with Gasteiger partial charge in [-0.3, -0.25) is 4.55 Å². The highest BCUT2D eigenvalue weighted by Crippen LogP contribution is 2.26. The second kappa shape index (κ2) is 12.9. The molecule has 0 saturated heterocycles. The average molecular weight is 649 g/mol. The predicted molar refractivity (Wildman–Crippen MR) is 154 cm³/mol. The Kier molecular flexibility index (Phi) is 12.0. The minimum Gasteiger partial charge on any atom is -0.455 e. The maximum Gasteiger partial charge on any atom is 0.465 e. The number of carbonyl (C=O) groups excluding carboxylic acids is 1. The molecule has 2 atom stereocenters. The monoisotopic (exact) mass is 648 g/mol. The van der Waals surface area contributed by atoms with Crippen LogP contribution in [0.15, 0.2) is 24.3 Å². The summed E-state index contributed by atoms with van der Waals surface area (Å²) < 4.78 is 86.7. The van der Waals surface area contributed by atoms with Gasteiger partial charge < -0.3 is 21.2 Å². The molecule has 38 heavy (non-hydrogen) atoms. The molecular formula is C21H42F2O9SSi5. The van der Waals surface area contributed by atoms with Crippen molar-refractivity contribution in [1.82, 2.24) is 0 Å². The Morgan fingerprint density at radius 1 is 0.895 bits per heavy atom. The van der Waals surface area contributed by atoms with Crippen molar-refractivity contribution in [2.45, 2.75) is 89.8 Å². The summed E-state index contributed by atoms with van der Waals surface area (Å²) in [6.45, 7) is 20.3. The van der Waals surface area contributed by atoms with E-state index < -0.39 is 71.0 Å². The Labute approximate surface area is 231 Å². The number of hydrogen-bond donors (Lipinski definition) is 1. The first-order chi connectivity index (χ1) is 16.8. The molecule has 0 fully saturated rings. The van der Waals surface area contributed by atoms with Crippen molar-refractivity contribution in [2.24, 2.45) is 0 Å². The molecule has 0 amide bonds. The number of rotatable bonds is 15. The van der Waals surface area contributed by atoms with Crippen molar-refractivity contribution in [3.63, 3.8) is 0 Å². The summed E-state index contributed by atoms with van der Waals surface area (Å²) in [7, 11) is -16.6. The number of esters is 1. The van der Waals surface area contributed by atoms with Crippen molar-refractivity contribution in [2.75, 3.05) is 0 Å². The van der Waals surface area contributed by atoms with E-state index in [2.05, 4.69) is 50.6 Å². The Morgan fingerprint density at radius 2 is 1.37 bits per heavy atom. The summed E-state index contributed by atoms with van der Waals surface area (Å²) in [6, 6.07) is 7.39. The SMILES string of the molecule is C[SiH](O[Si](C)(C)O[Si](C)(C)C)O[Si](C)(CCc1ccc(COC(=O)C(F)(F)S(=O)(=O)O)cc1)O[Si](C)(C)C. The standard InChI is InChI=1S/C21H42F2O9SSi5/c1-34(29-37(8,9)31-35(2,3)4)30-38(10,32-36(5,6)7)16-15-18-11-13-19(14-12-18)17-28-20(24)21(22,23)33(25,26)27/h11-14,34H,15-17H2,1-10H3,(H,25,26,27). The molecule has 0 aliphatic heterocycles. The fraction of sp³-hybridized carbons (Fsp3) is 0.667. The van der Waals surface area contributed by atoms with Crippen molar-refractivity contribution in [3.8, 4) is 0 Å². The minimum atomic E-state index is -5.91. The molecule has 0 aromatic heterocycles. The largest absolute Gasteiger partial charge is 0.465 e. The second-order valence-electron chi connectivity index (χ2n) is 11.7. The lowest BCUT2D eigenvalue weighted by atomic mass is 10.1. The molecule has 0 aliphatic carbocycles. The van der Waals surface area contributed by atoms with Crippen molar-refractivity contribution >= 4 is 59.1 Å². The summed E-state index contributed by atoms with van der Waals surface area (Å²) in [5.74, 6) is -2.34. The Bertz CT molecular complexity index is 1040. The van der Waals surface area contributed by atoms with Gasteiger partial charge in [0.05, 0.1) is 0 Å². The van der Waals surface area contributed by atoms with E-state index >= 15 is 0 Å². The van der Waals surface area contributed by atoms with E-state index in [1.165, 1.54) is 0 Å². The van der Waals surface area contributed by atoms with Gasteiger partial charge in [0.25, 0.3) is 0 Å². The van der Waals surface area contributed by atoms with E-state index in [4.69, 9.17) is 21.0 Å². The zero-order chi connectivity index (χ0) is 29.8. The molecule has 1 aromatic rings. The first-order valence-corrected chi connectivity index (χ1v) is 27.9. The summed E-state index contributed by atoms with van der Waals surface area (Å²) in [4.78, 5) is 11.4. The van der Waals surface area contributed by atoms with Crippen LogP contribution in [0.5, 0.6) is 0 Å². The lowest BCUT2D eigenvalue weighted by Crippen LogP contribution is -2.54. The number of aryl methyl sites for hydroxylation is 1. The van der Waals surface area contributed by atoms with Crippen LogP contribution in [0.1, 0.15) is 11.1 Å². The van der Waals surface area contributed by atoms with Crippen LogP contribution in [-0.2, 0) is 49.1 Å². The predicted octanol–water partition coefficient (Wildman–Crippen LogP) is 5.11. The van der Waals surface area contributed by atoms with Crippen molar-refractivity contribution in [3.05, 3.63) is 35.4 Å². The van der Waals surface area contributed by atoms with E-state index in [-0.39, 0.29) is 0 Å². The molecule has 0 heterocycles. The molecular weight excluding hydrogens is 607 g/mol. The molecule has 0 saturated carbocycles. The fourth-order valence-corrected chi connectivity index (χ4v) is 24.7. The van der Waals surface area contributed by atoms with Crippen LogP contribution in [0.4, 0.5) is 8.78 Å². The van der Waals surface area contributed by atoms with Crippen LogP contribution < -0.4 is 0 Å². The highest BCUT2D eigenvalue weighted by atomic mass is 32.2. The molecule has 2 unspecified atom stereocenters. The topological polar surface area (TPSA) is 118 Å². The maximum absolute atomic E-state index is 13.3. The van der Waals surface area contributed by atoms with Gasteiger partial charge in [-0.15, -0.1) is 0 Å². The van der Waals surface area contributed by atoms with Gasteiger partial charge in [-0.25, -0.2) is 4.79 Å². The van der Waals surface area contributed by atoms with Gasteiger partial charge in [0, 0.05) is 0 Å². The molecule has 220 valence electrons. The minimum absolute atomic E-state index is 0.381. The van der Waals surface area contributed by atoms with Crippen LogP contribution in [-0.4, -0.2) is 67.2 Å². The average Bonchev–Trinajstić information content (AvgIpc) is 2.66. The third kappa shape index (κ3) is 12.7. The number of benzene rings is 1. The summed E-state index contributed by atoms with van der Waals surface area (Å²) in [5.41, 5.74) is 1.32. The summed E-state index contributed by atoms with van der Waals surface area (Å²) in [5, 5.41) is -5.03.